The second kappa shape index (κ2) is 4.57. The zero-order valence-electron chi connectivity index (χ0n) is 8.84. The summed E-state index contributed by atoms with van der Waals surface area (Å²) in [6.45, 7) is 1.61. The van der Waals surface area contributed by atoms with Gasteiger partial charge in [0, 0.05) is 6.42 Å². The van der Waals surface area contributed by atoms with Gasteiger partial charge in [0.15, 0.2) is 0 Å². The molecule has 0 spiro atoms. The molecule has 0 saturated heterocycles. The molecule has 0 aliphatic rings. The van der Waals surface area contributed by atoms with E-state index in [1.165, 1.54) is 18.2 Å². The van der Waals surface area contributed by atoms with Gasteiger partial charge in [0.25, 0.3) is 0 Å². The van der Waals surface area contributed by atoms with Crippen LogP contribution < -0.4 is 0 Å². The summed E-state index contributed by atoms with van der Waals surface area (Å²) in [7, 11) is 0. The Morgan fingerprint density at radius 1 is 1.29 bits per heavy atom. The highest BCUT2D eigenvalue weighted by atomic mass is 19.4. The van der Waals surface area contributed by atoms with Crippen molar-refractivity contribution < 1.29 is 27.9 Å². The van der Waals surface area contributed by atoms with Crippen LogP contribution in [-0.2, 0) is 11.2 Å². The Labute approximate surface area is 94.9 Å². The normalized spacial score (nSPS) is 11.3. The first-order chi connectivity index (χ1) is 7.71. The number of ketones is 1. The van der Waals surface area contributed by atoms with E-state index >= 15 is 0 Å². The summed E-state index contributed by atoms with van der Waals surface area (Å²) in [4.78, 5) is 21.6. The van der Waals surface area contributed by atoms with Crippen molar-refractivity contribution in [3.63, 3.8) is 0 Å². The number of hydrogen-bond donors (Lipinski definition) is 1. The van der Waals surface area contributed by atoms with Crippen molar-refractivity contribution in [3.05, 3.63) is 34.9 Å². The van der Waals surface area contributed by atoms with E-state index in [2.05, 4.69) is 0 Å². The van der Waals surface area contributed by atoms with Crippen molar-refractivity contribution in [1.82, 2.24) is 0 Å². The van der Waals surface area contributed by atoms with Crippen LogP contribution in [0, 0.1) is 6.92 Å². The monoisotopic (exact) mass is 246 g/mol. The molecule has 0 unspecified atom stereocenters. The lowest BCUT2D eigenvalue weighted by molar-refractivity contribution is -0.170. The molecular weight excluding hydrogens is 237 g/mol. The number of aromatic carboxylic acids is 1. The Morgan fingerprint density at radius 3 is 2.35 bits per heavy atom. The predicted molar refractivity (Wildman–Crippen MR) is 52.9 cm³/mol. The van der Waals surface area contributed by atoms with Crippen LogP contribution in [-0.4, -0.2) is 23.0 Å². The van der Waals surface area contributed by atoms with Gasteiger partial charge in [0.2, 0.25) is 5.78 Å². The van der Waals surface area contributed by atoms with Crippen LogP contribution in [0.3, 0.4) is 0 Å². The van der Waals surface area contributed by atoms with E-state index in [0.717, 1.165) is 0 Å². The topological polar surface area (TPSA) is 54.4 Å². The molecule has 0 atom stereocenters. The number of hydrogen-bond acceptors (Lipinski definition) is 2. The van der Waals surface area contributed by atoms with Gasteiger partial charge in [-0.3, -0.25) is 4.79 Å². The number of carboxylic acid groups (broad SMARTS) is 1. The minimum absolute atomic E-state index is 0.134. The minimum Gasteiger partial charge on any atom is -0.478 e. The molecule has 1 N–H and O–H groups in total. The quantitative estimate of drug-likeness (QED) is 0.890. The Balaban J connectivity index is 3.07. The number of carbonyl (C=O) groups is 2. The van der Waals surface area contributed by atoms with Gasteiger partial charge < -0.3 is 5.11 Å². The molecule has 0 saturated carbocycles. The molecule has 17 heavy (non-hydrogen) atoms. The lowest BCUT2D eigenvalue weighted by Gasteiger charge is -2.08. The number of halogens is 3. The van der Waals surface area contributed by atoms with Crippen molar-refractivity contribution in [2.45, 2.75) is 19.5 Å². The fourth-order valence-electron chi connectivity index (χ4n) is 1.32. The molecule has 1 aromatic rings. The Bertz CT molecular complexity index is 464. The zero-order chi connectivity index (χ0) is 13.2. The first kappa shape index (κ1) is 13.2. The highest BCUT2D eigenvalue weighted by molar-refractivity contribution is 5.93. The van der Waals surface area contributed by atoms with Crippen LogP contribution in [0.25, 0.3) is 0 Å². The maximum absolute atomic E-state index is 12.0. The van der Waals surface area contributed by atoms with Crippen LogP contribution in [0.1, 0.15) is 21.5 Å². The van der Waals surface area contributed by atoms with E-state index < -0.39 is 24.3 Å². The molecule has 0 radical (unpaired) electrons. The standard InChI is InChI=1S/C11H9F3O3/c1-6-2-3-7(8(4-6)10(16)17)5-9(15)11(12,13)14/h2-4H,5H2,1H3,(H,16,17). The zero-order valence-corrected chi connectivity index (χ0v) is 8.84. The lowest BCUT2D eigenvalue weighted by atomic mass is 10.00. The summed E-state index contributed by atoms with van der Waals surface area (Å²) < 4.78 is 36.1. The van der Waals surface area contributed by atoms with Gasteiger partial charge in [-0.15, -0.1) is 0 Å². The molecule has 0 amide bonds. The van der Waals surface area contributed by atoms with E-state index in [0.29, 0.717) is 5.56 Å². The van der Waals surface area contributed by atoms with Gasteiger partial charge >= 0.3 is 12.1 Å². The van der Waals surface area contributed by atoms with E-state index in [1.807, 2.05) is 0 Å². The molecule has 0 aliphatic heterocycles. The van der Waals surface area contributed by atoms with Crippen molar-refractivity contribution in [2.24, 2.45) is 0 Å². The van der Waals surface area contributed by atoms with E-state index in [9.17, 15) is 22.8 Å². The van der Waals surface area contributed by atoms with Crippen molar-refractivity contribution in [2.75, 3.05) is 0 Å². The second-order valence-corrected chi connectivity index (χ2v) is 3.56. The minimum atomic E-state index is -4.94. The third kappa shape index (κ3) is 3.30. The molecular formula is C11H9F3O3. The van der Waals surface area contributed by atoms with Gasteiger partial charge in [-0.25, -0.2) is 4.79 Å². The van der Waals surface area contributed by atoms with Crippen LogP contribution in [0.15, 0.2) is 18.2 Å². The number of carbonyl (C=O) groups excluding carboxylic acids is 1. The molecule has 1 aromatic carbocycles. The summed E-state index contributed by atoms with van der Waals surface area (Å²) in [5.41, 5.74) is 0.193. The third-order valence-corrected chi connectivity index (χ3v) is 2.16. The number of Topliss-reactive ketones (excluding diaryl/α,β-unsaturated/α-hetero) is 1. The molecule has 0 fully saturated rings. The first-order valence-corrected chi connectivity index (χ1v) is 4.64. The SMILES string of the molecule is Cc1ccc(CC(=O)C(F)(F)F)c(C(=O)O)c1. The van der Waals surface area contributed by atoms with Gasteiger partial charge in [-0.1, -0.05) is 17.7 Å². The van der Waals surface area contributed by atoms with Gasteiger partial charge in [-0.2, -0.15) is 13.2 Å². The Hall–Kier alpha value is -1.85. The van der Waals surface area contributed by atoms with Crippen molar-refractivity contribution in [3.8, 4) is 0 Å². The number of aryl methyl sites for hydroxylation is 1. The highest BCUT2D eigenvalue weighted by Crippen LogP contribution is 2.21. The van der Waals surface area contributed by atoms with Crippen LogP contribution in [0.2, 0.25) is 0 Å². The fraction of sp³-hybridized carbons (Fsp3) is 0.273. The van der Waals surface area contributed by atoms with Crippen LogP contribution in [0.4, 0.5) is 13.2 Å². The van der Waals surface area contributed by atoms with Gasteiger partial charge in [0.1, 0.15) is 0 Å². The molecule has 92 valence electrons. The molecule has 1 rings (SSSR count). The summed E-state index contributed by atoms with van der Waals surface area (Å²) in [6, 6.07) is 3.93. The highest BCUT2D eigenvalue weighted by Gasteiger charge is 2.38. The van der Waals surface area contributed by atoms with E-state index in [4.69, 9.17) is 5.11 Å². The number of carboxylic acids is 1. The molecule has 6 heteroatoms. The predicted octanol–water partition coefficient (Wildman–Crippen LogP) is 2.37. The molecule has 3 nitrogen and oxygen atoms in total. The lowest BCUT2D eigenvalue weighted by Crippen LogP contribution is -2.25. The Morgan fingerprint density at radius 2 is 1.88 bits per heavy atom. The van der Waals surface area contributed by atoms with E-state index in [1.54, 1.807) is 6.92 Å². The summed E-state index contributed by atoms with van der Waals surface area (Å²) in [6.07, 6.45) is -5.90. The maximum atomic E-state index is 12.0. The van der Waals surface area contributed by atoms with Crippen molar-refractivity contribution >= 4 is 11.8 Å². The number of rotatable bonds is 3. The average Bonchev–Trinajstić information content (AvgIpc) is 2.18. The number of benzene rings is 1. The van der Waals surface area contributed by atoms with Crippen LogP contribution >= 0.6 is 0 Å². The molecule has 0 aromatic heterocycles. The maximum Gasteiger partial charge on any atom is 0.450 e. The average molecular weight is 246 g/mol. The molecule has 0 heterocycles. The largest absolute Gasteiger partial charge is 0.478 e. The van der Waals surface area contributed by atoms with Crippen LogP contribution in [0.5, 0.6) is 0 Å². The first-order valence-electron chi connectivity index (χ1n) is 4.64. The number of alkyl halides is 3. The summed E-state index contributed by atoms with van der Waals surface area (Å²) >= 11 is 0. The smallest absolute Gasteiger partial charge is 0.450 e. The van der Waals surface area contributed by atoms with Gasteiger partial charge in [-0.05, 0) is 18.6 Å². The molecule has 0 bridgehead atoms. The summed E-state index contributed by atoms with van der Waals surface area (Å²) in [5, 5.41) is 8.81. The Kier molecular flexibility index (Phi) is 3.55. The second-order valence-electron chi connectivity index (χ2n) is 3.56. The van der Waals surface area contributed by atoms with Crippen molar-refractivity contribution in [1.29, 1.82) is 0 Å². The third-order valence-electron chi connectivity index (χ3n) is 2.16. The van der Waals surface area contributed by atoms with Gasteiger partial charge in [0.05, 0.1) is 5.56 Å². The summed E-state index contributed by atoms with van der Waals surface area (Å²) in [5.74, 6) is -3.30. The fourth-order valence-corrected chi connectivity index (χ4v) is 1.32. The van der Waals surface area contributed by atoms with E-state index in [-0.39, 0.29) is 11.1 Å². The molecule has 0 aliphatic carbocycles.